The van der Waals surface area contributed by atoms with Crippen molar-refractivity contribution in [2.45, 2.75) is 26.1 Å². The smallest absolute Gasteiger partial charge is 0.409 e. The van der Waals surface area contributed by atoms with E-state index in [0.29, 0.717) is 5.92 Å². The van der Waals surface area contributed by atoms with E-state index in [2.05, 4.69) is 29.9 Å². The first kappa shape index (κ1) is 15.2. The van der Waals surface area contributed by atoms with Gasteiger partial charge in [0.25, 0.3) is 0 Å². The quantitative estimate of drug-likeness (QED) is 0.680. The maximum absolute atomic E-state index is 10.1. The maximum Gasteiger partial charge on any atom is 0.409 e. The zero-order valence-electron chi connectivity index (χ0n) is 13.4. The minimum atomic E-state index is -0.508. The Kier molecular flexibility index (Phi) is 4.27. The van der Waals surface area contributed by atoms with Gasteiger partial charge >= 0.3 is 7.05 Å². The van der Waals surface area contributed by atoms with E-state index < -0.39 is 7.05 Å². The molecular formula is C17H22BNO3. The number of ether oxygens (including phenoxy) is 2. The molecule has 1 heterocycles. The first-order valence-corrected chi connectivity index (χ1v) is 7.79. The van der Waals surface area contributed by atoms with Crippen LogP contribution in [0.25, 0.3) is 10.8 Å². The summed E-state index contributed by atoms with van der Waals surface area (Å²) in [5.74, 6) is 1.26. The Labute approximate surface area is 131 Å². The topological polar surface area (TPSA) is 41.9 Å². The average molecular weight is 299 g/mol. The van der Waals surface area contributed by atoms with Crippen LogP contribution in [0.4, 0.5) is 5.69 Å². The Morgan fingerprint density at radius 2 is 2.14 bits per heavy atom. The summed E-state index contributed by atoms with van der Waals surface area (Å²) < 4.78 is 11.1. The summed E-state index contributed by atoms with van der Waals surface area (Å²) in [5, 5.41) is 12.3. The summed E-state index contributed by atoms with van der Waals surface area (Å²) in [4.78, 5) is 2.05. The number of hydrogen-bond acceptors (Lipinski definition) is 4. The van der Waals surface area contributed by atoms with Crippen LogP contribution in [0.5, 0.6) is 5.75 Å². The Morgan fingerprint density at radius 3 is 2.82 bits per heavy atom. The molecule has 0 fully saturated rings. The molecule has 2 aromatic carbocycles. The van der Waals surface area contributed by atoms with Gasteiger partial charge in [-0.3, -0.25) is 0 Å². The third-order valence-corrected chi connectivity index (χ3v) is 4.42. The van der Waals surface area contributed by atoms with E-state index in [4.69, 9.17) is 9.47 Å². The number of fused-ring (bicyclic) bond motifs is 2. The largest absolute Gasteiger partial charge is 0.467 e. The molecule has 0 aromatic heterocycles. The van der Waals surface area contributed by atoms with Crippen molar-refractivity contribution >= 4 is 23.5 Å². The Hall–Kier alpha value is -1.72. The minimum Gasteiger partial charge on any atom is -0.467 e. The molecule has 1 aliphatic heterocycles. The van der Waals surface area contributed by atoms with Crippen LogP contribution in [0.15, 0.2) is 30.3 Å². The SMILES string of the molecule is CC[C@@H]1CN(B(C)O)c2cc3ccccc3c(OCOC)c21. The highest BCUT2D eigenvalue weighted by Gasteiger charge is 2.35. The lowest BCUT2D eigenvalue weighted by Crippen LogP contribution is -2.36. The third-order valence-electron chi connectivity index (χ3n) is 4.42. The number of benzene rings is 2. The molecule has 22 heavy (non-hydrogen) atoms. The number of methoxy groups -OCH3 is 1. The zero-order valence-corrected chi connectivity index (χ0v) is 13.4. The van der Waals surface area contributed by atoms with Crippen LogP contribution in [0.2, 0.25) is 6.82 Å². The minimum absolute atomic E-state index is 0.228. The predicted molar refractivity (Wildman–Crippen MR) is 90.7 cm³/mol. The Balaban J connectivity index is 2.23. The van der Waals surface area contributed by atoms with Gasteiger partial charge in [0.15, 0.2) is 6.79 Å². The maximum atomic E-state index is 10.1. The summed E-state index contributed by atoms with van der Waals surface area (Å²) in [6.07, 6.45) is 1.01. The van der Waals surface area contributed by atoms with Gasteiger partial charge in [-0.1, -0.05) is 31.2 Å². The molecule has 5 heteroatoms. The molecule has 2 aromatic rings. The van der Waals surface area contributed by atoms with Crippen LogP contribution in [0.3, 0.4) is 0 Å². The third kappa shape index (κ3) is 2.44. The van der Waals surface area contributed by atoms with Gasteiger partial charge in [-0.25, -0.2) is 0 Å². The molecule has 0 amide bonds. The second kappa shape index (κ2) is 6.19. The number of nitrogens with zero attached hydrogens (tertiary/aromatic N) is 1. The van der Waals surface area contributed by atoms with E-state index in [1.807, 2.05) is 19.0 Å². The van der Waals surface area contributed by atoms with Crippen LogP contribution in [-0.4, -0.2) is 32.5 Å². The van der Waals surface area contributed by atoms with Crippen molar-refractivity contribution in [2.24, 2.45) is 0 Å². The van der Waals surface area contributed by atoms with Crippen molar-refractivity contribution in [2.75, 3.05) is 25.3 Å². The second-order valence-electron chi connectivity index (χ2n) is 5.80. The summed E-state index contributed by atoms with van der Waals surface area (Å²) in [5.41, 5.74) is 2.27. The van der Waals surface area contributed by atoms with E-state index >= 15 is 0 Å². The molecule has 1 atom stereocenters. The molecule has 4 nitrogen and oxygen atoms in total. The van der Waals surface area contributed by atoms with E-state index in [-0.39, 0.29) is 6.79 Å². The molecule has 1 N–H and O–H groups in total. The summed E-state index contributed by atoms with van der Waals surface area (Å²) in [6, 6.07) is 10.4. The number of rotatable bonds is 5. The molecule has 0 saturated heterocycles. The van der Waals surface area contributed by atoms with Gasteiger partial charge in [-0.15, -0.1) is 0 Å². The van der Waals surface area contributed by atoms with Gasteiger partial charge in [-0.2, -0.15) is 0 Å². The van der Waals surface area contributed by atoms with Gasteiger partial charge in [0, 0.05) is 36.2 Å². The van der Waals surface area contributed by atoms with Crippen molar-refractivity contribution in [3.63, 3.8) is 0 Å². The van der Waals surface area contributed by atoms with Gasteiger partial charge < -0.3 is 19.3 Å². The lowest BCUT2D eigenvalue weighted by atomic mass is 9.85. The fraction of sp³-hybridized carbons (Fsp3) is 0.412. The molecule has 0 spiro atoms. The molecule has 0 saturated carbocycles. The highest BCUT2D eigenvalue weighted by Crippen LogP contribution is 2.47. The fourth-order valence-corrected chi connectivity index (χ4v) is 3.34. The van der Waals surface area contributed by atoms with E-state index in [1.165, 1.54) is 5.56 Å². The van der Waals surface area contributed by atoms with Gasteiger partial charge in [-0.05, 0) is 24.7 Å². The van der Waals surface area contributed by atoms with Crippen LogP contribution >= 0.6 is 0 Å². The van der Waals surface area contributed by atoms with Crippen molar-refractivity contribution in [3.8, 4) is 5.75 Å². The first-order valence-electron chi connectivity index (χ1n) is 7.79. The standard InChI is InChI=1S/C17H22BNO3/c1-4-12-10-19(18(2)20)15-9-13-7-5-6-8-14(13)17(16(12)15)22-11-21-3/h5-9,12,20H,4,10-11H2,1-3H3/t12-/m1/s1. The van der Waals surface area contributed by atoms with Gasteiger partial charge in [0.2, 0.25) is 0 Å². The van der Waals surface area contributed by atoms with Crippen molar-refractivity contribution in [1.29, 1.82) is 0 Å². The summed E-state index contributed by atoms with van der Waals surface area (Å²) in [6.45, 7) is 5.04. The lowest BCUT2D eigenvalue weighted by Gasteiger charge is -2.21. The van der Waals surface area contributed by atoms with Gasteiger partial charge in [0.1, 0.15) is 5.75 Å². The van der Waals surface area contributed by atoms with E-state index in [1.54, 1.807) is 7.11 Å². The Bertz CT molecular complexity index is 674. The highest BCUT2D eigenvalue weighted by atomic mass is 16.7. The van der Waals surface area contributed by atoms with Crippen molar-refractivity contribution < 1.29 is 14.5 Å². The molecule has 116 valence electrons. The number of anilines is 1. The second-order valence-corrected chi connectivity index (χ2v) is 5.80. The lowest BCUT2D eigenvalue weighted by molar-refractivity contribution is 0.0515. The van der Waals surface area contributed by atoms with Crippen LogP contribution < -0.4 is 9.55 Å². The molecular weight excluding hydrogens is 277 g/mol. The summed E-state index contributed by atoms with van der Waals surface area (Å²) >= 11 is 0. The Morgan fingerprint density at radius 1 is 1.36 bits per heavy atom. The molecule has 3 rings (SSSR count). The van der Waals surface area contributed by atoms with Crippen LogP contribution in [0, 0.1) is 0 Å². The van der Waals surface area contributed by atoms with Crippen molar-refractivity contribution in [1.82, 2.24) is 0 Å². The molecule has 0 bridgehead atoms. The average Bonchev–Trinajstić information content (AvgIpc) is 2.90. The first-order chi connectivity index (χ1) is 10.7. The van der Waals surface area contributed by atoms with Crippen molar-refractivity contribution in [3.05, 3.63) is 35.9 Å². The molecule has 0 unspecified atom stereocenters. The van der Waals surface area contributed by atoms with E-state index in [9.17, 15) is 5.02 Å². The highest BCUT2D eigenvalue weighted by molar-refractivity contribution is 6.54. The van der Waals surface area contributed by atoms with Crippen LogP contribution in [0.1, 0.15) is 24.8 Å². The fourth-order valence-electron chi connectivity index (χ4n) is 3.34. The normalized spacial score (nSPS) is 16.9. The molecule has 0 aliphatic carbocycles. The molecule has 1 aliphatic rings. The number of hydrogen-bond donors (Lipinski definition) is 1. The zero-order chi connectivity index (χ0) is 15.7. The predicted octanol–water partition coefficient (Wildman–Crippen LogP) is 3.25. The van der Waals surface area contributed by atoms with Crippen LogP contribution in [-0.2, 0) is 4.74 Å². The van der Waals surface area contributed by atoms with Gasteiger partial charge in [0.05, 0.1) is 0 Å². The monoisotopic (exact) mass is 299 g/mol. The summed E-state index contributed by atoms with van der Waals surface area (Å²) in [7, 11) is 1.12. The molecule has 0 radical (unpaired) electrons. The van der Waals surface area contributed by atoms with E-state index in [0.717, 1.165) is 35.2 Å².